The minimum Gasteiger partial charge on any atom is -0.486 e. The monoisotopic (exact) mass is 380 g/mol. The Kier molecular flexibility index (Phi) is 5.69. The van der Waals surface area contributed by atoms with Crippen LogP contribution >= 0.6 is 0 Å². The number of hydrogen-bond donors (Lipinski definition) is 1. The van der Waals surface area contributed by atoms with Crippen molar-refractivity contribution in [2.24, 2.45) is 7.05 Å². The lowest BCUT2D eigenvalue weighted by Gasteiger charge is -2.36. The second-order valence-electron chi connectivity index (χ2n) is 7.13. The van der Waals surface area contributed by atoms with Gasteiger partial charge in [0.15, 0.2) is 0 Å². The van der Waals surface area contributed by atoms with Crippen LogP contribution in [-0.2, 0) is 20.2 Å². The molecule has 2 aromatic carbocycles. The molecular weight excluding hydrogens is 355 g/mol. The summed E-state index contributed by atoms with van der Waals surface area (Å²) in [6.07, 6.45) is 3.68. The van der Waals surface area contributed by atoms with E-state index in [1.54, 1.807) is 18.3 Å². The number of nitrogens with zero attached hydrogens (tertiary/aromatic N) is 3. The Balaban J connectivity index is 1.40. The Labute approximate surface area is 164 Å². The molecule has 0 bridgehead atoms. The average Bonchev–Trinajstić information content (AvgIpc) is 3.13. The van der Waals surface area contributed by atoms with Crippen molar-refractivity contribution in [2.75, 3.05) is 19.6 Å². The van der Waals surface area contributed by atoms with Gasteiger partial charge in [0.1, 0.15) is 24.0 Å². The van der Waals surface area contributed by atoms with Gasteiger partial charge >= 0.3 is 0 Å². The van der Waals surface area contributed by atoms with E-state index in [-0.39, 0.29) is 11.9 Å². The lowest BCUT2D eigenvalue weighted by Crippen LogP contribution is -2.45. The first-order valence-corrected chi connectivity index (χ1v) is 9.57. The molecule has 4 rings (SSSR count). The van der Waals surface area contributed by atoms with Crippen LogP contribution in [0.15, 0.2) is 60.9 Å². The summed E-state index contributed by atoms with van der Waals surface area (Å²) in [7, 11) is 1.96. The molecule has 3 aromatic rings. The summed E-state index contributed by atoms with van der Waals surface area (Å²) in [6, 6.07) is 15.3. The molecule has 1 aliphatic heterocycles. The van der Waals surface area contributed by atoms with E-state index in [4.69, 9.17) is 4.74 Å². The van der Waals surface area contributed by atoms with Gasteiger partial charge in [0, 0.05) is 51.7 Å². The van der Waals surface area contributed by atoms with E-state index < -0.39 is 0 Å². The number of nitrogens with one attached hydrogen (secondary N) is 1. The first-order chi connectivity index (χ1) is 13.7. The fraction of sp³-hybridized carbons (Fsp3) is 0.318. The topological polar surface area (TPSA) is 42.3 Å². The van der Waals surface area contributed by atoms with E-state index >= 15 is 0 Å². The fourth-order valence-electron chi connectivity index (χ4n) is 3.59. The van der Waals surface area contributed by atoms with Gasteiger partial charge in [-0.3, -0.25) is 4.90 Å². The van der Waals surface area contributed by atoms with Gasteiger partial charge in [-0.15, -0.1) is 0 Å². The number of ether oxygens (including phenoxy) is 1. The second-order valence-corrected chi connectivity index (χ2v) is 7.13. The van der Waals surface area contributed by atoms with Crippen LogP contribution in [0.25, 0.3) is 0 Å². The maximum Gasteiger partial charge on any atom is 0.146 e. The highest BCUT2D eigenvalue weighted by Gasteiger charge is 2.24. The SMILES string of the molecule is Cn1ccnc1COc1ccc(CN2CCNCC2c2cccc(F)c2)cc1. The van der Waals surface area contributed by atoms with Crippen LogP contribution in [0.2, 0.25) is 0 Å². The molecule has 1 fully saturated rings. The summed E-state index contributed by atoms with van der Waals surface area (Å²) in [5, 5.41) is 3.42. The van der Waals surface area contributed by atoms with Gasteiger partial charge in [-0.05, 0) is 35.4 Å². The molecule has 0 radical (unpaired) electrons. The van der Waals surface area contributed by atoms with Gasteiger partial charge in [-0.2, -0.15) is 0 Å². The minimum atomic E-state index is -0.183. The molecule has 1 aliphatic rings. The number of aryl methyl sites for hydroxylation is 1. The summed E-state index contributed by atoms with van der Waals surface area (Å²) in [4.78, 5) is 6.67. The number of imidazole rings is 1. The number of hydrogen-bond acceptors (Lipinski definition) is 4. The van der Waals surface area contributed by atoms with Crippen LogP contribution in [0.4, 0.5) is 4.39 Å². The third-order valence-corrected chi connectivity index (χ3v) is 5.19. The van der Waals surface area contributed by atoms with Crippen molar-refractivity contribution in [3.05, 3.63) is 83.7 Å². The summed E-state index contributed by atoms with van der Waals surface area (Å²) in [6.45, 7) is 3.97. The molecule has 0 spiro atoms. The summed E-state index contributed by atoms with van der Waals surface area (Å²) >= 11 is 0. The van der Waals surface area contributed by atoms with Crippen molar-refractivity contribution in [3.8, 4) is 5.75 Å². The molecule has 0 amide bonds. The summed E-state index contributed by atoms with van der Waals surface area (Å²) < 4.78 is 21.4. The highest BCUT2D eigenvalue weighted by Crippen LogP contribution is 2.25. The number of aromatic nitrogens is 2. The highest BCUT2D eigenvalue weighted by molar-refractivity contribution is 5.28. The lowest BCUT2D eigenvalue weighted by atomic mass is 10.0. The Bertz CT molecular complexity index is 909. The average molecular weight is 380 g/mol. The van der Waals surface area contributed by atoms with E-state index in [9.17, 15) is 4.39 Å². The molecule has 5 nitrogen and oxygen atoms in total. The summed E-state index contributed by atoms with van der Waals surface area (Å²) in [5.74, 6) is 1.54. The van der Waals surface area contributed by atoms with Crippen LogP contribution < -0.4 is 10.1 Å². The lowest BCUT2D eigenvalue weighted by molar-refractivity contribution is 0.153. The Hall–Kier alpha value is -2.70. The number of rotatable bonds is 6. The molecule has 2 heterocycles. The maximum absolute atomic E-state index is 13.7. The number of benzene rings is 2. The normalized spacial score (nSPS) is 17.6. The zero-order chi connectivity index (χ0) is 19.3. The first-order valence-electron chi connectivity index (χ1n) is 9.57. The highest BCUT2D eigenvalue weighted by atomic mass is 19.1. The van der Waals surface area contributed by atoms with E-state index in [1.165, 1.54) is 11.6 Å². The predicted molar refractivity (Wildman–Crippen MR) is 106 cm³/mol. The van der Waals surface area contributed by atoms with Gasteiger partial charge in [0.05, 0.1) is 0 Å². The van der Waals surface area contributed by atoms with Gasteiger partial charge in [-0.1, -0.05) is 24.3 Å². The molecule has 1 unspecified atom stereocenters. The molecular formula is C22H25FN4O. The van der Waals surface area contributed by atoms with Crippen molar-refractivity contribution in [1.82, 2.24) is 19.8 Å². The van der Waals surface area contributed by atoms with Crippen molar-refractivity contribution in [3.63, 3.8) is 0 Å². The molecule has 6 heteroatoms. The number of halogens is 1. The molecule has 1 N–H and O–H groups in total. The van der Waals surface area contributed by atoms with Crippen LogP contribution in [0.3, 0.4) is 0 Å². The molecule has 0 aliphatic carbocycles. The zero-order valence-corrected chi connectivity index (χ0v) is 16.0. The third-order valence-electron chi connectivity index (χ3n) is 5.19. The van der Waals surface area contributed by atoms with Crippen molar-refractivity contribution in [1.29, 1.82) is 0 Å². The zero-order valence-electron chi connectivity index (χ0n) is 16.0. The second kappa shape index (κ2) is 8.54. The van der Waals surface area contributed by atoms with Gasteiger partial charge < -0.3 is 14.6 Å². The van der Waals surface area contributed by atoms with E-state index in [1.807, 2.05) is 36.0 Å². The fourth-order valence-corrected chi connectivity index (χ4v) is 3.59. The molecule has 146 valence electrons. The maximum atomic E-state index is 13.7. The molecule has 1 saturated heterocycles. The van der Waals surface area contributed by atoms with Crippen molar-refractivity contribution in [2.45, 2.75) is 19.2 Å². The Morgan fingerprint density at radius 2 is 2.07 bits per heavy atom. The first kappa shape index (κ1) is 18.7. The van der Waals surface area contributed by atoms with Crippen LogP contribution in [-0.4, -0.2) is 34.1 Å². The van der Waals surface area contributed by atoms with Gasteiger partial charge in [0.25, 0.3) is 0 Å². The molecule has 0 saturated carbocycles. The van der Waals surface area contributed by atoms with Crippen molar-refractivity contribution >= 4 is 0 Å². The van der Waals surface area contributed by atoms with Crippen LogP contribution in [0, 0.1) is 5.82 Å². The standard InChI is InChI=1S/C22H25FN4O/c1-26-11-10-25-22(26)16-28-20-7-5-17(6-8-20)15-27-12-9-24-14-21(27)18-3-2-4-19(23)13-18/h2-8,10-11,13,21,24H,9,12,14-16H2,1H3. The predicted octanol–water partition coefficient (Wildman–Crippen LogP) is 3.28. The van der Waals surface area contributed by atoms with E-state index in [2.05, 4.69) is 27.3 Å². The molecule has 1 aromatic heterocycles. The third kappa shape index (κ3) is 4.40. The smallest absolute Gasteiger partial charge is 0.146 e. The van der Waals surface area contributed by atoms with Gasteiger partial charge in [-0.25, -0.2) is 9.37 Å². The van der Waals surface area contributed by atoms with Crippen LogP contribution in [0.5, 0.6) is 5.75 Å². The Morgan fingerprint density at radius 3 is 2.82 bits per heavy atom. The minimum absolute atomic E-state index is 0.170. The Morgan fingerprint density at radius 1 is 1.21 bits per heavy atom. The summed E-state index contributed by atoms with van der Waals surface area (Å²) in [5.41, 5.74) is 2.23. The van der Waals surface area contributed by atoms with Crippen molar-refractivity contribution < 1.29 is 9.13 Å². The largest absolute Gasteiger partial charge is 0.486 e. The molecule has 28 heavy (non-hydrogen) atoms. The van der Waals surface area contributed by atoms with E-state index in [0.29, 0.717) is 6.61 Å². The number of piperazine rings is 1. The van der Waals surface area contributed by atoms with Gasteiger partial charge in [0.2, 0.25) is 0 Å². The van der Waals surface area contributed by atoms with E-state index in [0.717, 1.165) is 43.3 Å². The van der Waals surface area contributed by atoms with Crippen LogP contribution in [0.1, 0.15) is 23.0 Å². The molecule has 1 atom stereocenters. The quantitative estimate of drug-likeness (QED) is 0.713.